The van der Waals surface area contributed by atoms with Crippen molar-refractivity contribution >= 4 is 16.0 Å². The molecule has 3 rings (SSSR count). The molecule has 0 N–H and O–H groups in total. The van der Waals surface area contributed by atoms with Crippen molar-refractivity contribution in [3.05, 3.63) is 41.0 Å². The van der Waals surface area contributed by atoms with Gasteiger partial charge in [0.05, 0.1) is 10.5 Å². The van der Waals surface area contributed by atoms with Crippen LogP contribution < -0.4 is 0 Å². The van der Waals surface area contributed by atoms with E-state index in [0.717, 1.165) is 19.3 Å². The summed E-state index contributed by atoms with van der Waals surface area (Å²) in [4.78, 5) is 17.0. The zero-order valence-electron chi connectivity index (χ0n) is 18.1. The maximum Gasteiger partial charge on any atom is 0.338 e. The highest BCUT2D eigenvalue weighted by Gasteiger charge is 2.31. The van der Waals surface area contributed by atoms with E-state index in [0.29, 0.717) is 17.9 Å². The molecule has 1 aliphatic rings. The maximum absolute atomic E-state index is 13.1. The van der Waals surface area contributed by atoms with E-state index in [1.807, 2.05) is 27.7 Å². The van der Waals surface area contributed by atoms with Gasteiger partial charge >= 0.3 is 5.97 Å². The normalized spacial score (nSPS) is 18.4. The Morgan fingerprint density at radius 1 is 1.30 bits per heavy atom. The van der Waals surface area contributed by atoms with Gasteiger partial charge in [-0.15, -0.1) is 0 Å². The second kappa shape index (κ2) is 8.47. The fraction of sp³-hybridized carbons (Fsp3) is 0.571. The van der Waals surface area contributed by atoms with Gasteiger partial charge in [-0.1, -0.05) is 38.4 Å². The zero-order chi connectivity index (χ0) is 22.1. The van der Waals surface area contributed by atoms with E-state index >= 15 is 0 Å². The van der Waals surface area contributed by atoms with Crippen LogP contribution in [0.4, 0.5) is 0 Å². The van der Waals surface area contributed by atoms with E-state index in [4.69, 9.17) is 9.26 Å². The highest BCUT2D eigenvalue weighted by Crippen LogP contribution is 2.27. The first-order chi connectivity index (χ1) is 14.0. The minimum Gasteiger partial charge on any atom is -0.452 e. The number of hydrogen-bond acceptors (Lipinski definition) is 7. The molecule has 2 heterocycles. The molecular formula is C21H29N3O5S. The lowest BCUT2D eigenvalue weighted by Gasteiger charge is -2.32. The summed E-state index contributed by atoms with van der Waals surface area (Å²) in [6.45, 7) is 9.81. The average Bonchev–Trinajstić information content (AvgIpc) is 3.16. The molecule has 0 aliphatic carbocycles. The number of benzene rings is 1. The molecule has 1 atom stereocenters. The van der Waals surface area contributed by atoms with Crippen LogP contribution in [0.25, 0.3) is 0 Å². The quantitative estimate of drug-likeness (QED) is 0.661. The summed E-state index contributed by atoms with van der Waals surface area (Å²) < 4.78 is 38.2. The summed E-state index contributed by atoms with van der Waals surface area (Å²) in [6, 6.07) is 4.50. The Bertz CT molecular complexity index is 1020. The van der Waals surface area contributed by atoms with Crippen molar-refractivity contribution in [2.24, 2.45) is 0 Å². The smallest absolute Gasteiger partial charge is 0.338 e. The molecule has 1 aliphatic heterocycles. The predicted octanol–water partition coefficient (Wildman–Crippen LogP) is 3.60. The minimum absolute atomic E-state index is 0.0602. The van der Waals surface area contributed by atoms with Crippen LogP contribution in [0.15, 0.2) is 27.6 Å². The van der Waals surface area contributed by atoms with Crippen molar-refractivity contribution in [3.63, 3.8) is 0 Å². The highest BCUT2D eigenvalue weighted by molar-refractivity contribution is 7.89. The van der Waals surface area contributed by atoms with Crippen LogP contribution in [0.3, 0.4) is 0 Å². The largest absolute Gasteiger partial charge is 0.452 e. The fourth-order valence-corrected chi connectivity index (χ4v) is 5.10. The first kappa shape index (κ1) is 22.4. The van der Waals surface area contributed by atoms with Crippen molar-refractivity contribution in [1.82, 2.24) is 14.4 Å². The number of esters is 1. The number of rotatable bonds is 5. The second-order valence-electron chi connectivity index (χ2n) is 8.78. The molecule has 0 amide bonds. The SMILES string of the molecule is Cc1ccc(S(=O)(=O)N2CCCCC2C)cc1C(=O)OCc1nc(C(C)(C)C)no1. The third-order valence-electron chi connectivity index (χ3n) is 5.24. The molecule has 1 unspecified atom stereocenters. The molecule has 8 nitrogen and oxygen atoms in total. The summed E-state index contributed by atoms with van der Waals surface area (Å²) in [6.07, 6.45) is 2.69. The lowest BCUT2D eigenvalue weighted by atomic mass is 9.96. The van der Waals surface area contributed by atoms with Crippen molar-refractivity contribution in [2.45, 2.75) is 76.8 Å². The molecule has 0 spiro atoms. The molecule has 0 radical (unpaired) electrons. The molecule has 9 heteroatoms. The topological polar surface area (TPSA) is 103 Å². The number of aryl methyl sites for hydroxylation is 1. The molecule has 0 saturated carbocycles. The predicted molar refractivity (Wildman–Crippen MR) is 111 cm³/mol. The fourth-order valence-electron chi connectivity index (χ4n) is 3.37. The van der Waals surface area contributed by atoms with Crippen LogP contribution >= 0.6 is 0 Å². The number of nitrogens with zero attached hydrogens (tertiary/aromatic N) is 3. The van der Waals surface area contributed by atoms with Gasteiger partial charge in [0.15, 0.2) is 12.4 Å². The number of carbonyl (C=O) groups excluding carboxylic acids is 1. The van der Waals surface area contributed by atoms with Gasteiger partial charge in [-0.3, -0.25) is 0 Å². The molecule has 1 aromatic carbocycles. The molecule has 30 heavy (non-hydrogen) atoms. The molecule has 1 fully saturated rings. The number of carbonyl (C=O) groups is 1. The number of ether oxygens (including phenoxy) is 1. The lowest BCUT2D eigenvalue weighted by Crippen LogP contribution is -2.41. The van der Waals surface area contributed by atoms with Gasteiger partial charge in [-0.25, -0.2) is 13.2 Å². The molecule has 2 aromatic rings. The van der Waals surface area contributed by atoms with Gasteiger partial charge in [-0.05, 0) is 44.4 Å². The Hall–Kier alpha value is -2.26. The van der Waals surface area contributed by atoms with Gasteiger partial charge in [0.25, 0.3) is 5.89 Å². The first-order valence-electron chi connectivity index (χ1n) is 10.1. The third kappa shape index (κ3) is 4.73. The van der Waals surface area contributed by atoms with E-state index < -0.39 is 16.0 Å². The summed E-state index contributed by atoms with van der Waals surface area (Å²) in [7, 11) is -3.68. The number of aromatic nitrogens is 2. The van der Waals surface area contributed by atoms with Crippen LogP contribution in [0.2, 0.25) is 0 Å². The lowest BCUT2D eigenvalue weighted by molar-refractivity contribution is 0.0428. The third-order valence-corrected chi connectivity index (χ3v) is 7.25. The highest BCUT2D eigenvalue weighted by atomic mass is 32.2. The Balaban J connectivity index is 1.77. The molecule has 1 aromatic heterocycles. The van der Waals surface area contributed by atoms with Gasteiger partial charge < -0.3 is 9.26 Å². The zero-order valence-corrected chi connectivity index (χ0v) is 19.0. The number of hydrogen-bond donors (Lipinski definition) is 0. The summed E-state index contributed by atoms with van der Waals surface area (Å²) in [5.74, 6) is 0.0806. The Morgan fingerprint density at radius 3 is 2.67 bits per heavy atom. The number of sulfonamides is 1. The van der Waals surface area contributed by atoms with Gasteiger partial charge in [0, 0.05) is 18.0 Å². The van der Waals surface area contributed by atoms with Crippen LogP contribution in [0.5, 0.6) is 0 Å². The number of piperidine rings is 1. The van der Waals surface area contributed by atoms with E-state index in [1.165, 1.54) is 16.4 Å². The van der Waals surface area contributed by atoms with Crippen LogP contribution in [-0.2, 0) is 26.8 Å². The van der Waals surface area contributed by atoms with E-state index in [9.17, 15) is 13.2 Å². The Labute approximate surface area is 177 Å². The van der Waals surface area contributed by atoms with Gasteiger partial charge in [-0.2, -0.15) is 9.29 Å². The molecule has 1 saturated heterocycles. The monoisotopic (exact) mass is 435 g/mol. The molecule has 0 bridgehead atoms. The average molecular weight is 436 g/mol. The Morgan fingerprint density at radius 2 is 2.03 bits per heavy atom. The standard InChI is InChI=1S/C21H29N3O5S/c1-14-9-10-16(30(26,27)24-11-7-6-8-15(24)2)12-17(14)19(25)28-13-18-22-20(23-29-18)21(3,4)5/h9-10,12,15H,6-8,11,13H2,1-5H3. The van der Waals surface area contributed by atoms with Crippen molar-refractivity contribution < 1.29 is 22.5 Å². The Kier molecular flexibility index (Phi) is 6.33. The molecule has 164 valence electrons. The van der Waals surface area contributed by atoms with Crippen LogP contribution in [-0.4, -0.2) is 41.4 Å². The second-order valence-corrected chi connectivity index (χ2v) is 10.7. The van der Waals surface area contributed by atoms with Crippen LogP contribution in [0.1, 0.15) is 74.6 Å². The summed E-state index contributed by atoms with van der Waals surface area (Å²) in [5.41, 5.74) is 0.555. The van der Waals surface area contributed by atoms with Crippen molar-refractivity contribution in [2.75, 3.05) is 6.54 Å². The maximum atomic E-state index is 13.1. The van der Waals surface area contributed by atoms with E-state index in [1.54, 1.807) is 13.0 Å². The van der Waals surface area contributed by atoms with E-state index in [-0.39, 0.29) is 34.4 Å². The van der Waals surface area contributed by atoms with Crippen LogP contribution in [0, 0.1) is 6.92 Å². The summed E-state index contributed by atoms with van der Waals surface area (Å²) in [5, 5.41) is 3.90. The van der Waals surface area contributed by atoms with Gasteiger partial charge in [0.2, 0.25) is 10.0 Å². The summed E-state index contributed by atoms with van der Waals surface area (Å²) >= 11 is 0. The van der Waals surface area contributed by atoms with E-state index in [2.05, 4.69) is 10.1 Å². The minimum atomic E-state index is -3.68. The van der Waals surface area contributed by atoms with Gasteiger partial charge in [0.1, 0.15) is 0 Å². The van der Waals surface area contributed by atoms with Crippen molar-refractivity contribution in [1.29, 1.82) is 0 Å². The molecular weight excluding hydrogens is 406 g/mol. The first-order valence-corrected chi connectivity index (χ1v) is 11.6. The van der Waals surface area contributed by atoms with Crippen molar-refractivity contribution in [3.8, 4) is 0 Å².